The van der Waals surface area contributed by atoms with Crippen LogP contribution in [0.3, 0.4) is 0 Å². The molecule has 1 heterocycles. The van der Waals surface area contributed by atoms with E-state index < -0.39 is 11.8 Å². The Bertz CT molecular complexity index is 558. The smallest absolute Gasteiger partial charge is 0.251 e. The first-order valence-corrected chi connectivity index (χ1v) is 8.56. The molecule has 4 saturated carbocycles. The number of carbonyl (C=O) groups excluding carboxylic acids is 1. The summed E-state index contributed by atoms with van der Waals surface area (Å²) in [5, 5.41) is 20.3. The normalized spacial score (nSPS) is 44.6. The lowest BCUT2D eigenvalue weighted by Gasteiger charge is -2.64. The van der Waals surface area contributed by atoms with Gasteiger partial charge in [0.1, 0.15) is 0 Å². The fourth-order valence-electron chi connectivity index (χ4n) is 4.35. The number of carbonyl (C=O) groups is 1. The summed E-state index contributed by atoms with van der Waals surface area (Å²) in [5.74, 6) is -0.444. The Labute approximate surface area is 135 Å². The van der Waals surface area contributed by atoms with Crippen molar-refractivity contribution in [2.24, 2.45) is 16.6 Å². The van der Waals surface area contributed by atoms with Crippen molar-refractivity contribution in [3.8, 4) is 0 Å². The zero-order chi connectivity index (χ0) is 16.1. The van der Waals surface area contributed by atoms with Crippen LogP contribution in [0.2, 0.25) is 0 Å². The van der Waals surface area contributed by atoms with Gasteiger partial charge in [0, 0.05) is 24.0 Å². The van der Waals surface area contributed by atoms with E-state index in [1.54, 1.807) is 6.20 Å². The fraction of sp³-hybridized carbons (Fsp3) is 0.750. The van der Waals surface area contributed by atoms with Crippen LogP contribution >= 0.6 is 0 Å². The molecule has 0 aromatic carbocycles. The molecule has 7 heteroatoms. The summed E-state index contributed by atoms with van der Waals surface area (Å²) in [4.78, 5) is 15.9. The Hall–Kier alpha value is -1.44. The number of nitrogens with two attached hydrogens (primary N) is 1. The third kappa shape index (κ3) is 2.77. The quantitative estimate of drug-likeness (QED) is 0.446. The molecule has 23 heavy (non-hydrogen) atoms. The van der Waals surface area contributed by atoms with Gasteiger partial charge in [-0.15, -0.1) is 0 Å². The molecule has 2 bridgehead atoms. The van der Waals surface area contributed by atoms with Crippen LogP contribution < -0.4 is 21.7 Å². The maximum Gasteiger partial charge on any atom is 0.251 e. The van der Waals surface area contributed by atoms with Crippen molar-refractivity contribution in [2.75, 3.05) is 0 Å². The molecule has 5 aliphatic rings. The fourth-order valence-corrected chi connectivity index (χ4v) is 4.35. The van der Waals surface area contributed by atoms with Gasteiger partial charge in [-0.05, 0) is 50.9 Å². The molecule has 1 unspecified atom stereocenters. The number of primary amides is 1. The van der Waals surface area contributed by atoms with Crippen LogP contribution in [-0.2, 0) is 4.79 Å². The van der Waals surface area contributed by atoms with E-state index in [2.05, 4.69) is 20.9 Å². The summed E-state index contributed by atoms with van der Waals surface area (Å²) >= 11 is 0. The highest BCUT2D eigenvalue weighted by Gasteiger charge is 2.59. The third-order valence-electron chi connectivity index (χ3n) is 5.66. The zero-order valence-electron chi connectivity index (χ0n) is 13.2. The van der Waals surface area contributed by atoms with E-state index in [1.165, 1.54) is 25.5 Å². The Kier molecular flexibility index (Phi) is 3.48. The summed E-state index contributed by atoms with van der Waals surface area (Å²) in [5.41, 5.74) is 5.84. The second kappa shape index (κ2) is 5.29. The second-order valence-electron chi connectivity index (χ2n) is 7.62. The van der Waals surface area contributed by atoms with Gasteiger partial charge >= 0.3 is 0 Å². The SMILES string of the molecule is NC(=O)C1=CNC(N[C@@H]2CCC[C@H](O)C2)(NC23CC(C2)C3)N=C1. The van der Waals surface area contributed by atoms with Crippen LogP contribution in [0.5, 0.6) is 0 Å². The van der Waals surface area contributed by atoms with Gasteiger partial charge < -0.3 is 16.2 Å². The molecule has 5 rings (SSSR count). The summed E-state index contributed by atoms with van der Waals surface area (Å²) in [7, 11) is 0. The molecule has 1 amide bonds. The standard InChI is InChI=1S/C16H25N5O2/c17-14(23)11-8-18-16(19-9-11,21-15-5-10(6-15)7-15)20-12-2-1-3-13(22)4-12/h8-10,12-13,18,20-22H,1-7H2,(H2,17,23)/t10?,12-,13+,15?,16?/m1/s1. The minimum Gasteiger partial charge on any atom is -0.393 e. The Balaban J connectivity index is 1.50. The number of amides is 1. The molecular weight excluding hydrogens is 294 g/mol. The van der Waals surface area contributed by atoms with Crippen LogP contribution in [0, 0.1) is 5.92 Å². The molecule has 0 aromatic rings. The van der Waals surface area contributed by atoms with Gasteiger partial charge in [-0.3, -0.25) is 15.4 Å². The summed E-state index contributed by atoms with van der Waals surface area (Å²) in [6, 6.07) is 0.187. The van der Waals surface area contributed by atoms with Gasteiger partial charge in [0.05, 0.1) is 11.7 Å². The highest BCUT2D eigenvalue weighted by Crippen LogP contribution is 2.57. The van der Waals surface area contributed by atoms with Crippen molar-refractivity contribution in [1.29, 1.82) is 0 Å². The van der Waals surface area contributed by atoms with Crippen molar-refractivity contribution in [2.45, 2.75) is 68.5 Å². The largest absolute Gasteiger partial charge is 0.393 e. The first-order chi connectivity index (χ1) is 11.0. The number of aliphatic hydroxyl groups is 1. The maximum atomic E-state index is 11.3. The number of aliphatic hydroxyl groups excluding tert-OH is 1. The molecule has 4 fully saturated rings. The van der Waals surface area contributed by atoms with Crippen LogP contribution in [0.15, 0.2) is 16.8 Å². The molecule has 3 atom stereocenters. The summed E-state index contributed by atoms with van der Waals surface area (Å²) in [6.07, 6.45) is 10.1. The lowest BCUT2D eigenvalue weighted by Crippen LogP contribution is -2.79. The monoisotopic (exact) mass is 319 g/mol. The first kappa shape index (κ1) is 15.1. The molecule has 0 spiro atoms. The van der Waals surface area contributed by atoms with Crippen molar-refractivity contribution in [1.82, 2.24) is 16.0 Å². The molecule has 6 N–H and O–H groups in total. The Morgan fingerprint density at radius 2 is 2.17 bits per heavy atom. The van der Waals surface area contributed by atoms with Gasteiger partial charge in [0.15, 0.2) is 0 Å². The zero-order valence-corrected chi connectivity index (χ0v) is 13.2. The third-order valence-corrected chi connectivity index (χ3v) is 5.66. The average Bonchev–Trinajstić information content (AvgIpc) is 2.42. The predicted molar refractivity (Wildman–Crippen MR) is 86.2 cm³/mol. The van der Waals surface area contributed by atoms with Crippen molar-refractivity contribution in [3.63, 3.8) is 0 Å². The van der Waals surface area contributed by atoms with Gasteiger partial charge in [-0.1, -0.05) is 0 Å². The average molecular weight is 319 g/mol. The molecule has 126 valence electrons. The van der Waals surface area contributed by atoms with Crippen LogP contribution in [0.25, 0.3) is 0 Å². The second-order valence-corrected chi connectivity index (χ2v) is 7.62. The Morgan fingerprint density at radius 1 is 1.39 bits per heavy atom. The van der Waals surface area contributed by atoms with Crippen molar-refractivity contribution < 1.29 is 9.90 Å². The summed E-state index contributed by atoms with van der Waals surface area (Å²) in [6.45, 7) is 0. The van der Waals surface area contributed by atoms with Gasteiger partial charge in [-0.25, -0.2) is 4.99 Å². The number of hydrogen-bond donors (Lipinski definition) is 5. The molecule has 0 aromatic heterocycles. The Morgan fingerprint density at radius 3 is 2.70 bits per heavy atom. The van der Waals surface area contributed by atoms with Gasteiger partial charge in [-0.2, -0.15) is 0 Å². The maximum absolute atomic E-state index is 11.3. The lowest BCUT2D eigenvalue weighted by atomic mass is 9.50. The molecule has 0 radical (unpaired) electrons. The van der Waals surface area contributed by atoms with Gasteiger partial charge in [0.2, 0.25) is 5.91 Å². The van der Waals surface area contributed by atoms with E-state index in [1.807, 2.05) is 0 Å². The molecular formula is C16H25N5O2. The summed E-state index contributed by atoms with van der Waals surface area (Å²) < 4.78 is 0. The van der Waals surface area contributed by atoms with Crippen LogP contribution in [-0.4, -0.2) is 40.8 Å². The predicted octanol–water partition coefficient (Wildman–Crippen LogP) is -0.324. The topological polar surface area (TPSA) is 112 Å². The number of aliphatic imine (C=N–C) groups is 1. The number of rotatable bonds is 5. The number of hydrogen-bond acceptors (Lipinski definition) is 6. The van der Waals surface area contributed by atoms with Crippen molar-refractivity contribution >= 4 is 12.1 Å². The highest BCUT2D eigenvalue weighted by molar-refractivity contribution is 6.11. The minimum absolute atomic E-state index is 0.160. The van der Waals surface area contributed by atoms with E-state index in [0.29, 0.717) is 5.57 Å². The van der Waals surface area contributed by atoms with E-state index in [9.17, 15) is 9.90 Å². The lowest BCUT2D eigenvalue weighted by molar-refractivity contribution is -0.114. The van der Waals surface area contributed by atoms with Gasteiger partial charge in [0.25, 0.3) is 5.91 Å². The van der Waals surface area contributed by atoms with E-state index >= 15 is 0 Å². The highest BCUT2D eigenvalue weighted by atomic mass is 16.3. The van der Waals surface area contributed by atoms with E-state index in [4.69, 9.17) is 5.73 Å². The van der Waals surface area contributed by atoms with Crippen molar-refractivity contribution in [3.05, 3.63) is 11.8 Å². The van der Waals surface area contributed by atoms with Crippen LogP contribution in [0.4, 0.5) is 0 Å². The number of nitrogens with zero attached hydrogens (tertiary/aromatic N) is 1. The molecule has 1 aliphatic heterocycles. The molecule has 0 saturated heterocycles. The van der Waals surface area contributed by atoms with E-state index in [-0.39, 0.29) is 17.7 Å². The van der Waals surface area contributed by atoms with E-state index in [0.717, 1.165) is 31.6 Å². The number of nitrogens with one attached hydrogen (secondary N) is 3. The van der Waals surface area contributed by atoms with Crippen LogP contribution in [0.1, 0.15) is 44.9 Å². The minimum atomic E-state index is -0.813. The first-order valence-electron chi connectivity index (χ1n) is 8.56. The molecule has 4 aliphatic carbocycles. The molecule has 7 nitrogen and oxygen atoms in total.